The summed E-state index contributed by atoms with van der Waals surface area (Å²) in [6.07, 6.45) is 4.35. The van der Waals surface area contributed by atoms with Crippen LogP contribution < -0.4 is 5.73 Å². The molecule has 18 heavy (non-hydrogen) atoms. The molecule has 1 rings (SSSR count). The molecule has 1 saturated carbocycles. The van der Waals surface area contributed by atoms with E-state index < -0.39 is 0 Å². The fraction of sp³-hybridized carbons (Fsp3) is 0.846. The van der Waals surface area contributed by atoms with Gasteiger partial charge in [-0.1, -0.05) is 38.8 Å². The third-order valence-corrected chi connectivity index (χ3v) is 3.90. The van der Waals surface area contributed by atoms with Gasteiger partial charge in [-0.25, -0.2) is 0 Å². The quantitative estimate of drug-likeness (QED) is 0.340. The largest absolute Gasteiger partial charge is 0.409 e. The van der Waals surface area contributed by atoms with Crippen molar-refractivity contribution in [2.24, 2.45) is 22.7 Å². The van der Waals surface area contributed by atoms with Crippen LogP contribution in [0.4, 0.5) is 0 Å². The van der Waals surface area contributed by atoms with E-state index in [-0.39, 0.29) is 30.2 Å². The van der Waals surface area contributed by atoms with Crippen LogP contribution in [0.2, 0.25) is 0 Å². The van der Waals surface area contributed by atoms with Gasteiger partial charge in [0.2, 0.25) is 5.91 Å². The van der Waals surface area contributed by atoms with Gasteiger partial charge in [0.25, 0.3) is 0 Å². The van der Waals surface area contributed by atoms with Crippen LogP contribution in [0.5, 0.6) is 0 Å². The molecule has 0 aromatic carbocycles. The summed E-state index contributed by atoms with van der Waals surface area (Å²) < 4.78 is 0. The molecule has 3 N–H and O–H groups in total. The first-order valence-electron chi connectivity index (χ1n) is 6.74. The van der Waals surface area contributed by atoms with Gasteiger partial charge in [-0.15, -0.1) is 0 Å². The van der Waals surface area contributed by atoms with Gasteiger partial charge in [0.15, 0.2) is 5.84 Å². The van der Waals surface area contributed by atoms with Crippen LogP contribution in [0.15, 0.2) is 5.16 Å². The van der Waals surface area contributed by atoms with Crippen LogP contribution in [0.25, 0.3) is 0 Å². The Kier molecular flexibility index (Phi) is 5.44. The summed E-state index contributed by atoms with van der Waals surface area (Å²) in [5, 5.41) is 11.7. The van der Waals surface area contributed by atoms with Gasteiger partial charge in [0.1, 0.15) is 0 Å². The van der Waals surface area contributed by atoms with Crippen molar-refractivity contribution in [2.45, 2.75) is 52.5 Å². The van der Waals surface area contributed by atoms with Crippen molar-refractivity contribution < 1.29 is 10.0 Å². The van der Waals surface area contributed by atoms with Gasteiger partial charge < -0.3 is 15.8 Å². The molecule has 104 valence electrons. The summed E-state index contributed by atoms with van der Waals surface area (Å²) in [5.41, 5.74) is 5.56. The number of rotatable bonds is 5. The molecule has 0 aromatic heterocycles. The van der Waals surface area contributed by atoms with Crippen molar-refractivity contribution in [3.63, 3.8) is 0 Å². The minimum Gasteiger partial charge on any atom is -0.409 e. The highest BCUT2D eigenvalue weighted by Gasteiger charge is 2.31. The van der Waals surface area contributed by atoms with E-state index in [2.05, 4.69) is 5.16 Å². The van der Waals surface area contributed by atoms with Crippen LogP contribution in [-0.4, -0.2) is 34.4 Å². The van der Waals surface area contributed by atoms with Crippen molar-refractivity contribution >= 4 is 11.7 Å². The molecule has 1 unspecified atom stereocenters. The summed E-state index contributed by atoms with van der Waals surface area (Å²) in [5.74, 6) is 0.487. The third kappa shape index (κ3) is 3.62. The summed E-state index contributed by atoms with van der Waals surface area (Å²) in [6.45, 7) is 6.26. The van der Waals surface area contributed by atoms with E-state index in [4.69, 9.17) is 10.9 Å². The number of hydrogen-bond donors (Lipinski definition) is 2. The first-order valence-corrected chi connectivity index (χ1v) is 6.74. The molecule has 0 spiro atoms. The standard InChI is InChI=1S/C13H25N3O2/c1-9(2)10(3)13(17)16(8-12(14)15-18)11-6-4-5-7-11/h9-11,18H,4-8H2,1-3H3,(H2,14,15). The number of carbonyl (C=O) groups is 1. The first kappa shape index (κ1) is 14.8. The van der Waals surface area contributed by atoms with Crippen molar-refractivity contribution in [1.82, 2.24) is 4.90 Å². The minimum atomic E-state index is -0.0305. The Morgan fingerprint density at radius 2 is 1.94 bits per heavy atom. The van der Waals surface area contributed by atoms with E-state index in [1.54, 1.807) is 4.90 Å². The highest BCUT2D eigenvalue weighted by molar-refractivity contribution is 5.88. The number of oxime groups is 1. The highest BCUT2D eigenvalue weighted by atomic mass is 16.4. The highest BCUT2D eigenvalue weighted by Crippen LogP contribution is 2.26. The monoisotopic (exact) mass is 255 g/mol. The average molecular weight is 255 g/mol. The molecule has 0 aliphatic heterocycles. The second kappa shape index (κ2) is 6.61. The van der Waals surface area contributed by atoms with E-state index in [9.17, 15) is 4.79 Å². The van der Waals surface area contributed by atoms with Gasteiger partial charge in [-0.05, 0) is 18.8 Å². The second-order valence-corrected chi connectivity index (χ2v) is 5.53. The van der Waals surface area contributed by atoms with Crippen LogP contribution in [0, 0.1) is 11.8 Å². The average Bonchev–Trinajstić information content (AvgIpc) is 2.87. The van der Waals surface area contributed by atoms with Gasteiger partial charge in [-0.3, -0.25) is 4.79 Å². The number of carbonyl (C=O) groups excluding carboxylic acids is 1. The van der Waals surface area contributed by atoms with Crippen LogP contribution in [0.1, 0.15) is 46.5 Å². The zero-order chi connectivity index (χ0) is 13.7. The van der Waals surface area contributed by atoms with Crippen LogP contribution in [0.3, 0.4) is 0 Å². The maximum atomic E-state index is 12.5. The predicted octanol–water partition coefficient (Wildman–Crippen LogP) is 1.80. The molecule has 1 amide bonds. The Hall–Kier alpha value is -1.26. The lowest BCUT2D eigenvalue weighted by Gasteiger charge is -2.32. The molecule has 1 atom stereocenters. The normalized spacial score (nSPS) is 19.2. The van der Waals surface area contributed by atoms with Crippen molar-refractivity contribution in [3.8, 4) is 0 Å². The molecule has 5 nitrogen and oxygen atoms in total. The Balaban J connectivity index is 2.78. The third-order valence-electron chi connectivity index (χ3n) is 3.90. The molecular weight excluding hydrogens is 230 g/mol. The fourth-order valence-corrected chi connectivity index (χ4v) is 2.36. The molecule has 0 saturated heterocycles. The molecule has 0 aromatic rings. The second-order valence-electron chi connectivity index (χ2n) is 5.53. The fourth-order valence-electron chi connectivity index (χ4n) is 2.36. The number of nitrogens with zero attached hydrogens (tertiary/aromatic N) is 2. The smallest absolute Gasteiger partial charge is 0.226 e. The van der Waals surface area contributed by atoms with Gasteiger partial charge in [0.05, 0.1) is 6.54 Å². The summed E-state index contributed by atoms with van der Waals surface area (Å²) >= 11 is 0. The predicted molar refractivity (Wildman–Crippen MR) is 71.4 cm³/mol. The van der Waals surface area contributed by atoms with Crippen molar-refractivity contribution in [3.05, 3.63) is 0 Å². The lowest BCUT2D eigenvalue weighted by Crippen LogP contribution is -2.47. The van der Waals surface area contributed by atoms with Crippen molar-refractivity contribution in [1.29, 1.82) is 0 Å². The van der Waals surface area contributed by atoms with Crippen molar-refractivity contribution in [2.75, 3.05) is 6.54 Å². The summed E-state index contributed by atoms with van der Waals surface area (Å²) in [7, 11) is 0. The SMILES string of the molecule is CC(C)C(C)C(=O)N(CC(N)=NO)C1CCCC1. The number of nitrogens with two attached hydrogens (primary N) is 1. The molecular formula is C13H25N3O2. The van der Waals surface area contributed by atoms with E-state index in [0.29, 0.717) is 5.92 Å². The Morgan fingerprint density at radius 3 is 2.39 bits per heavy atom. The van der Waals surface area contributed by atoms with Crippen LogP contribution in [-0.2, 0) is 4.79 Å². The zero-order valence-corrected chi connectivity index (χ0v) is 11.6. The molecule has 5 heteroatoms. The van der Waals surface area contributed by atoms with Gasteiger partial charge in [-0.2, -0.15) is 0 Å². The lowest BCUT2D eigenvalue weighted by molar-refractivity contribution is -0.137. The molecule has 0 radical (unpaired) electrons. The Morgan fingerprint density at radius 1 is 1.39 bits per heavy atom. The molecule has 1 aliphatic carbocycles. The summed E-state index contributed by atoms with van der Waals surface area (Å²) in [4.78, 5) is 14.3. The molecule has 1 fully saturated rings. The first-order chi connectivity index (χ1) is 8.47. The van der Waals surface area contributed by atoms with E-state index in [1.807, 2.05) is 20.8 Å². The van der Waals surface area contributed by atoms with Crippen LogP contribution >= 0.6 is 0 Å². The van der Waals surface area contributed by atoms with E-state index in [1.165, 1.54) is 0 Å². The van der Waals surface area contributed by atoms with Gasteiger partial charge >= 0.3 is 0 Å². The minimum absolute atomic E-state index is 0.0305. The number of amidine groups is 1. The Labute approximate surface area is 109 Å². The maximum Gasteiger partial charge on any atom is 0.226 e. The zero-order valence-electron chi connectivity index (χ0n) is 11.6. The lowest BCUT2D eigenvalue weighted by atomic mass is 9.95. The summed E-state index contributed by atoms with van der Waals surface area (Å²) in [6, 6.07) is 0.249. The maximum absolute atomic E-state index is 12.5. The number of hydrogen-bond acceptors (Lipinski definition) is 3. The van der Waals surface area contributed by atoms with Gasteiger partial charge in [0, 0.05) is 12.0 Å². The topological polar surface area (TPSA) is 78.9 Å². The van der Waals surface area contributed by atoms with E-state index in [0.717, 1.165) is 25.7 Å². The molecule has 1 aliphatic rings. The Bertz CT molecular complexity index is 309. The molecule has 0 bridgehead atoms. The number of amides is 1. The molecule has 0 heterocycles. The van der Waals surface area contributed by atoms with E-state index >= 15 is 0 Å².